The van der Waals surface area contributed by atoms with E-state index in [0.29, 0.717) is 6.42 Å². The van der Waals surface area contributed by atoms with E-state index in [1.807, 2.05) is 14.0 Å². The van der Waals surface area contributed by atoms with Gasteiger partial charge < -0.3 is 15.8 Å². The Bertz CT molecular complexity index is 353. The molecule has 5 heteroatoms. The molecule has 0 spiro atoms. The summed E-state index contributed by atoms with van der Waals surface area (Å²) in [6, 6.07) is -0.0545. The van der Waals surface area contributed by atoms with Gasteiger partial charge in [0, 0.05) is 25.4 Å². The van der Waals surface area contributed by atoms with Gasteiger partial charge in [0.05, 0.1) is 0 Å². The van der Waals surface area contributed by atoms with Crippen LogP contribution in [-0.2, 0) is 4.79 Å². The smallest absolute Gasteiger partial charge is 0.226 e. The average molecular weight is 269 g/mol. The molecule has 1 rings (SSSR count). The van der Waals surface area contributed by atoms with Crippen molar-refractivity contribution in [3.63, 3.8) is 0 Å². The highest BCUT2D eigenvalue weighted by Gasteiger charge is 2.39. The number of amides is 1. The Hall–Kier alpha value is -1.26. The number of oxime groups is 1. The summed E-state index contributed by atoms with van der Waals surface area (Å²) in [7, 11) is 1.81. The van der Waals surface area contributed by atoms with E-state index in [1.54, 1.807) is 4.90 Å². The molecule has 0 aromatic rings. The van der Waals surface area contributed by atoms with Crippen LogP contribution in [0.5, 0.6) is 0 Å². The number of carbonyl (C=O) groups excluding carboxylic acids is 1. The van der Waals surface area contributed by atoms with Gasteiger partial charge in [-0.3, -0.25) is 4.79 Å². The second kappa shape index (κ2) is 6.26. The van der Waals surface area contributed by atoms with E-state index in [4.69, 9.17) is 10.9 Å². The fraction of sp³-hybridized carbons (Fsp3) is 0.857. The molecule has 110 valence electrons. The van der Waals surface area contributed by atoms with Crippen LogP contribution in [0.25, 0.3) is 0 Å². The first kappa shape index (κ1) is 15.8. The Morgan fingerprint density at radius 1 is 1.53 bits per heavy atom. The van der Waals surface area contributed by atoms with E-state index in [1.165, 1.54) is 6.42 Å². The molecular weight excluding hydrogens is 242 g/mol. The van der Waals surface area contributed by atoms with Crippen molar-refractivity contribution in [3.05, 3.63) is 0 Å². The first-order chi connectivity index (χ1) is 8.79. The monoisotopic (exact) mass is 269 g/mol. The number of nitrogens with zero attached hydrogens (tertiary/aromatic N) is 2. The van der Waals surface area contributed by atoms with E-state index in [0.717, 1.165) is 19.3 Å². The molecule has 0 heterocycles. The average Bonchev–Trinajstić information content (AvgIpc) is 2.36. The molecule has 3 N–H and O–H groups in total. The molecule has 1 aliphatic rings. The number of amidine groups is 1. The van der Waals surface area contributed by atoms with E-state index >= 15 is 0 Å². The minimum absolute atomic E-state index is 0.0545. The van der Waals surface area contributed by atoms with Crippen molar-refractivity contribution >= 4 is 11.7 Å². The third kappa shape index (κ3) is 3.85. The molecule has 1 amide bonds. The lowest BCUT2D eigenvalue weighted by Crippen LogP contribution is -2.46. The second-order valence-electron chi connectivity index (χ2n) is 6.38. The van der Waals surface area contributed by atoms with Crippen LogP contribution in [0.2, 0.25) is 0 Å². The molecule has 0 saturated heterocycles. The maximum Gasteiger partial charge on any atom is 0.226 e. The Morgan fingerprint density at radius 2 is 2.16 bits per heavy atom. The minimum atomic E-state index is -0.0545. The lowest BCUT2D eigenvalue weighted by atomic mass is 9.68. The van der Waals surface area contributed by atoms with Crippen LogP contribution < -0.4 is 5.73 Å². The van der Waals surface area contributed by atoms with Gasteiger partial charge in [0.15, 0.2) is 0 Å². The van der Waals surface area contributed by atoms with Crippen LogP contribution in [0.1, 0.15) is 52.9 Å². The summed E-state index contributed by atoms with van der Waals surface area (Å²) in [5, 5.41) is 11.6. The zero-order chi connectivity index (χ0) is 14.6. The number of rotatable bonds is 4. The third-order valence-electron chi connectivity index (χ3n) is 4.45. The summed E-state index contributed by atoms with van der Waals surface area (Å²) in [6.07, 6.45) is 4.80. The Morgan fingerprint density at radius 3 is 2.68 bits per heavy atom. The highest BCUT2D eigenvalue weighted by atomic mass is 16.4. The van der Waals surface area contributed by atoms with Crippen molar-refractivity contribution in [3.8, 4) is 0 Å². The highest BCUT2D eigenvalue weighted by molar-refractivity contribution is 5.83. The van der Waals surface area contributed by atoms with Crippen LogP contribution in [0, 0.1) is 11.3 Å². The first-order valence-electron chi connectivity index (χ1n) is 7.02. The molecule has 5 nitrogen and oxygen atoms in total. The van der Waals surface area contributed by atoms with E-state index < -0.39 is 0 Å². The van der Waals surface area contributed by atoms with E-state index in [2.05, 4.69) is 19.0 Å². The zero-order valence-electron chi connectivity index (χ0n) is 12.5. The van der Waals surface area contributed by atoms with Crippen LogP contribution >= 0.6 is 0 Å². The van der Waals surface area contributed by atoms with Gasteiger partial charge in [0.1, 0.15) is 5.84 Å². The molecule has 0 bridgehead atoms. The van der Waals surface area contributed by atoms with E-state index in [9.17, 15) is 4.79 Å². The fourth-order valence-corrected chi connectivity index (χ4v) is 2.90. The van der Waals surface area contributed by atoms with Gasteiger partial charge in [0.25, 0.3) is 0 Å². The summed E-state index contributed by atoms with van der Waals surface area (Å²) >= 11 is 0. The summed E-state index contributed by atoms with van der Waals surface area (Å²) < 4.78 is 0. The van der Waals surface area contributed by atoms with Gasteiger partial charge in [-0.2, -0.15) is 0 Å². The standard InChI is InChI=1S/C14H27N3O2/c1-10(9-12(15)16-19)17(4)13(18)11-7-5-6-8-14(11,2)3/h10-11,19H,5-9H2,1-4H3,(H2,15,16). The molecule has 1 saturated carbocycles. The largest absolute Gasteiger partial charge is 0.409 e. The summed E-state index contributed by atoms with van der Waals surface area (Å²) in [4.78, 5) is 14.4. The Kier molecular flexibility index (Phi) is 5.20. The Labute approximate surface area is 115 Å². The fourth-order valence-electron chi connectivity index (χ4n) is 2.90. The number of nitrogens with two attached hydrogens (primary N) is 1. The quantitative estimate of drug-likeness (QED) is 0.355. The second-order valence-corrected chi connectivity index (χ2v) is 6.38. The maximum absolute atomic E-state index is 12.6. The number of carbonyl (C=O) groups is 1. The maximum atomic E-state index is 12.6. The van der Waals surface area contributed by atoms with Crippen LogP contribution in [-0.4, -0.2) is 34.9 Å². The molecule has 0 aromatic heterocycles. The van der Waals surface area contributed by atoms with Crippen LogP contribution in [0.3, 0.4) is 0 Å². The molecule has 1 fully saturated rings. The van der Waals surface area contributed by atoms with Gasteiger partial charge in [-0.05, 0) is 25.2 Å². The minimum Gasteiger partial charge on any atom is -0.409 e. The first-order valence-corrected chi connectivity index (χ1v) is 7.02. The summed E-state index contributed by atoms with van der Waals surface area (Å²) in [6.45, 7) is 6.28. The lowest BCUT2D eigenvalue weighted by Gasteiger charge is -2.40. The Balaban J connectivity index is 2.70. The van der Waals surface area contributed by atoms with Crippen molar-refractivity contribution in [2.24, 2.45) is 22.2 Å². The normalized spacial score (nSPS) is 24.8. The van der Waals surface area contributed by atoms with Crippen molar-refractivity contribution < 1.29 is 10.0 Å². The molecule has 2 atom stereocenters. The zero-order valence-corrected chi connectivity index (χ0v) is 12.5. The van der Waals surface area contributed by atoms with Crippen molar-refractivity contribution in [1.82, 2.24) is 4.90 Å². The molecular formula is C14H27N3O2. The van der Waals surface area contributed by atoms with Gasteiger partial charge in [0.2, 0.25) is 5.91 Å². The molecule has 19 heavy (non-hydrogen) atoms. The predicted molar refractivity (Wildman–Crippen MR) is 76.0 cm³/mol. The lowest BCUT2D eigenvalue weighted by molar-refractivity contribution is -0.141. The van der Waals surface area contributed by atoms with Gasteiger partial charge in [-0.15, -0.1) is 0 Å². The number of hydrogen-bond donors (Lipinski definition) is 2. The van der Waals surface area contributed by atoms with Gasteiger partial charge in [-0.1, -0.05) is 31.8 Å². The van der Waals surface area contributed by atoms with Crippen molar-refractivity contribution in [2.45, 2.75) is 58.9 Å². The number of hydrogen-bond acceptors (Lipinski definition) is 3. The predicted octanol–water partition coefficient (Wildman–Crippen LogP) is 2.19. The molecule has 2 unspecified atom stereocenters. The summed E-state index contributed by atoms with van der Waals surface area (Å²) in [5.74, 6) is 0.430. The van der Waals surface area contributed by atoms with Crippen molar-refractivity contribution in [1.29, 1.82) is 0 Å². The van der Waals surface area contributed by atoms with Crippen LogP contribution in [0.15, 0.2) is 5.16 Å². The van der Waals surface area contributed by atoms with Crippen LogP contribution in [0.4, 0.5) is 0 Å². The molecule has 0 aromatic carbocycles. The third-order valence-corrected chi connectivity index (χ3v) is 4.45. The van der Waals surface area contributed by atoms with E-state index in [-0.39, 0.29) is 29.1 Å². The SMILES string of the molecule is CC(CC(N)=NO)N(C)C(=O)C1CCCCC1(C)C. The van der Waals surface area contributed by atoms with Gasteiger partial charge in [-0.25, -0.2) is 0 Å². The topological polar surface area (TPSA) is 78.9 Å². The highest BCUT2D eigenvalue weighted by Crippen LogP contribution is 2.41. The molecule has 1 aliphatic carbocycles. The van der Waals surface area contributed by atoms with Crippen molar-refractivity contribution in [2.75, 3.05) is 7.05 Å². The molecule has 0 aliphatic heterocycles. The summed E-state index contributed by atoms with van der Waals surface area (Å²) in [5.41, 5.74) is 5.57. The van der Waals surface area contributed by atoms with Gasteiger partial charge >= 0.3 is 0 Å². The molecule has 0 radical (unpaired) electrons.